The molecular weight excluding hydrogens is 507 g/mol. The molecule has 36 heavy (non-hydrogen) atoms. The number of sulfonamides is 1. The van der Waals surface area contributed by atoms with Crippen molar-refractivity contribution in [1.29, 1.82) is 0 Å². The Labute approximate surface area is 205 Å². The molecule has 0 unspecified atom stereocenters. The Hall–Kier alpha value is -2.67. The Morgan fingerprint density at radius 1 is 1.08 bits per heavy atom. The minimum Gasteiger partial charge on any atom is -0.356 e. The maximum atomic E-state index is 14.2. The number of hydrogen-bond acceptors (Lipinski definition) is 6. The zero-order valence-corrected chi connectivity index (χ0v) is 20.0. The number of nitrogens with zero attached hydrogens (tertiary/aromatic N) is 4. The van der Waals surface area contributed by atoms with Crippen LogP contribution in [0.15, 0.2) is 41.6 Å². The SMILES string of the molecule is O=C(CCc1cc(N2CCC(C(F)(F)F)CC2)ncn1)[C@@H]1C[C@@H](F)CN1S(=O)(=O)c1ccc(F)cc1. The Morgan fingerprint density at radius 2 is 1.75 bits per heavy atom. The van der Waals surface area contributed by atoms with Gasteiger partial charge < -0.3 is 4.90 Å². The van der Waals surface area contributed by atoms with Gasteiger partial charge in [-0.2, -0.15) is 17.5 Å². The molecule has 0 amide bonds. The van der Waals surface area contributed by atoms with E-state index in [0.717, 1.165) is 28.6 Å². The lowest BCUT2D eigenvalue weighted by molar-refractivity contribution is -0.179. The van der Waals surface area contributed by atoms with Crippen molar-refractivity contribution in [1.82, 2.24) is 14.3 Å². The molecule has 0 saturated carbocycles. The molecule has 13 heteroatoms. The highest BCUT2D eigenvalue weighted by Gasteiger charge is 2.44. The molecule has 1 aromatic carbocycles. The highest BCUT2D eigenvalue weighted by Crippen LogP contribution is 2.35. The van der Waals surface area contributed by atoms with Crippen molar-refractivity contribution in [2.45, 2.75) is 55.4 Å². The topological polar surface area (TPSA) is 83.5 Å². The summed E-state index contributed by atoms with van der Waals surface area (Å²) in [7, 11) is -4.21. The average molecular weight is 533 g/mol. The summed E-state index contributed by atoms with van der Waals surface area (Å²) in [4.78, 5) is 22.7. The maximum absolute atomic E-state index is 14.2. The number of alkyl halides is 4. The molecule has 196 valence electrons. The summed E-state index contributed by atoms with van der Waals surface area (Å²) < 4.78 is 92.9. The van der Waals surface area contributed by atoms with Gasteiger partial charge in [0.25, 0.3) is 0 Å². The number of ketones is 1. The number of carbonyl (C=O) groups excluding carboxylic acids is 1. The molecule has 0 radical (unpaired) electrons. The fraction of sp³-hybridized carbons (Fsp3) is 0.522. The molecule has 2 aliphatic rings. The van der Waals surface area contributed by atoms with Crippen LogP contribution >= 0.6 is 0 Å². The number of aromatic nitrogens is 2. The lowest BCUT2D eigenvalue weighted by atomic mass is 9.96. The van der Waals surface area contributed by atoms with E-state index >= 15 is 0 Å². The first-order valence-electron chi connectivity index (χ1n) is 11.5. The van der Waals surface area contributed by atoms with Gasteiger partial charge in [-0.1, -0.05) is 0 Å². The van der Waals surface area contributed by atoms with Crippen LogP contribution in [0.3, 0.4) is 0 Å². The number of Topliss-reactive ketones (excluding diaryl/α,β-unsaturated/α-hetero) is 1. The van der Waals surface area contributed by atoms with Gasteiger partial charge in [0.2, 0.25) is 10.0 Å². The Kier molecular flexibility index (Phi) is 7.60. The molecule has 1 aromatic heterocycles. The monoisotopic (exact) mass is 532 g/mol. The van der Waals surface area contributed by atoms with Gasteiger partial charge in [0.05, 0.1) is 16.9 Å². The normalized spacial score (nSPS) is 22.2. The van der Waals surface area contributed by atoms with Gasteiger partial charge in [-0.05, 0) is 43.5 Å². The number of aryl methyl sites for hydroxylation is 1. The second-order valence-electron chi connectivity index (χ2n) is 9.01. The molecule has 2 aromatic rings. The summed E-state index contributed by atoms with van der Waals surface area (Å²) in [6.45, 7) is -0.0902. The van der Waals surface area contributed by atoms with E-state index in [4.69, 9.17) is 0 Å². The first kappa shape index (κ1) is 26.4. The van der Waals surface area contributed by atoms with Crippen LogP contribution in [0.1, 0.15) is 31.4 Å². The summed E-state index contributed by atoms with van der Waals surface area (Å²) in [5, 5.41) is 0. The van der Waals surface area contributed by atoms with Crippen LogP contribution < -0.4 is 4.90 Å². The zero-order chi connectivity index (χ0) is 26.1. The van der Waals surface area contributed by atoms with Crippen molar-refractivity contribution < 1.29 is 35.2 Å². The molecule has 4 rings (SSSR count). The molecule has 0 spiro atoms. The van der Waals surface area contributed by atoms with E-state index in [1.807, 2.05) is 0 Å². The highest BCUT2D eigenvalue weighted by molar-refractivity contribution is 7.89. The second-order valence-corrected chi connectivity index (χ2v) is 10.9. The third-order valence-corrected chi connectivity index (χ3v) is 8.50. The van der Waals surface area contributed by atoms with Crippen molar-refractivity contribution in [3.8, 4) is 0 Å². The quantitative estimate of drug-likeness (QED) is 0.506. The standard InChI is InChI=1S/C23H25F5N4O3S/c24-16-1-4-19(5-2-16)36(34,35)32-13-17(25)11-20(32)21(33)6-3-18-12-22(30-14-29-18)31-9-7-15(8-10-31)23(26,27)28/h1-2,4-5,12,14-15,17,20H,3,6-11,13H2/t17-,20+/m1/s1. The molecule has 3 heterocycles. The molecule has 2 atom stereocenters. The number of carbonyl (C=O) groups is 1. The number of piperidine rings is 1. The Bertz CT molecular complexity index is 1180. The molecular formula is C23H25F5N4O3S. The van der Waals surface area contributed by atoms with Crippen LogP contribution in [-0.2, 0) is 21.2 Å². The fourth-order valence-electron chi connectivity index (χ4n) is 4.61. The smallest absolute Gasteiger partial charge is 0.356 e. The Morgan fingerprint density at radius 3 is 2.39 bits per heavy atom. The summed E-state index contributed by atoms with van der Waals surface area (Å²) in [6.07, 6.45) is -4.80. The van der Waals surface area contributed by atoms with Crippen LogP contribution in [0, 0.1) is 11.7 Å². The fourth-order valence-corrected chi connectivity index (χ4v) is 6.25. The van der Waals surface area contributed by atoms with E-state index in [1.165, 1.54) is 6.33 Å². The predicted molar refractivity (Wildman–Crippen MR) is 120 cm³/mol. The number of hydrogen-bond donors (Lipinski definition) is 0. The van der Waals surface area contributed by atoms with E-state index in [0.29, 0.717) is 11.5 Å². The molecule has 2 fully saturated rings. The van der Waals surface area contributed by atoms with Gasteiger partial charge in [-0.25, -0.2) is 27.2 Å². The van der Waals surface area contributed by atoms with Gasteiger partial charge in [0.1, 0.15) is 24.1 Å². The van der Waals surface area contributed by atoms with Gasteiger partial charge >= 0.3 is 6.18 Å². The van der Waals surface area contributed by atoms with Gasteiger partial charge in [0.15, 0.2) is 5.78 Å². The van der Waals surface area contributed by atoms with Crippen molar-refractivity contribution >= 4 is 21.6 Å². The summed E-state index contributed by atoms with van der Waals surface area (Å²) in [5.74, 6) is -1.99. The molecule has 2 aliphatic heterocycles. The minimum atomic E-state index is -4.22. The lowest BCUT2D eigenvalue weighted by Crippen LogP contribution is -2.40. The number of anilines is 1. The van der Waals surface area contributed by atoms with Gasteiger partial charge in [0, 0.05) is 44.2 Å². The number of benzene rings is 1. The molecule has 0 aliphatic carbocycles. The van der Waals surface area contributed by atoms with Crippen molar-refractivity contribution in [3.63, 3.8) is 0 Å². The van der Waals surface area contributed by atoms with Crippen LogP contribution in [0.4, 0.5) is 27.8 Å². The van der Waals surface area contributed by atoms with Gasteiger partial charge in [-0.3, -0.25) is 4.79 Å². The predicted octanol–water partition coefficient (Wildman–Crippen LogP) is 3.70. The van der Waals surface area contributed by atoms with Crippen LogP contribution in [0.25, 0.3) is 0 Å². The van der Waals surface area contributed by atoms with Crippen LogP contribution in [0.5, 0.6) is 0 Å². The first-order chi connectivity index (χ1) is 16.9. The van der Waals surface area contributed by atoms with Crippen molar-refractivity contribution in [2.75, 3.05) is 24.5 Å². The van der Waals surface area contributed by atoms with E-state index in [2.05, 4.69) is 9.97 Å². The summed E-state index contributed by atoms with van der Waals surface area (Å²) >= 11 is 0. The number of rotatable bonds is 7. The van der Waals surface area contributed by atoms with Crippen LogP contribution in [0.2, 0.25) is 0 Å². The summed E-state index contributed by atoms with van der Waals surface area (Å²) in [6, 6.07) is 4.49. The molecule has 0 bridgehead atoms. The maximum Gasteiger partial charge on any atom is 0.391 e. The third kappa shape index (κ3) is 5.83. The second kappa shape index (κ2) is 10.4. The lowest BCUT2D eigenvalue weighted by Gasteiger charge is -2.33. The van der Waals surface area contributed by atoms with Crippen molar-refractivity contribution in [3.05, 3.63) is 48.2 Å². The number of halogens is 5. The van der Waals surface area contributed by atoms with E-state index in [1.54, 1.807) is 11.0 Å². The Balaban J connectivity index is 1.40. The average Bonchev–Trinajstić information content (AvgIpc) is 3.25. The highest BCUT2D eigenvalue weighted by atomic mass is 32.2. The summed E-state index contributed by atoms with van der Waals surface area (Å²) in [5.41, 5.74) is 0.467. The zero-order valence-electron chi connectivity index (χ0n) is 19.2. The van der Waals surface area contributed by atoms with E-state index in [-0.39, 0.29) is 50.1 Å². The molecule has 0 N–H and O–H groups in total. The molecule has 2 saturated heterocycles. The first-order valence-corrected chi connectivity index (χ1v) is 13.0. The van der Waals surface area contributed by atoms with Gasteiger partial charge in [-0.15, -0.1) is 0 Å². The minimum absolute atomic E-state index is 0.0359. The van der Waals surface area contributed by atoms with E-state index in [9.17, 15) is 35.2 Å². The van der Waals surface area contributed by atoms with E-state index < -0.39 is 52.5 Å². The van der Waals surface area contributed by atoms with Crippen LogP contribution in [-0.4, -0.2) is 66.5 Å². The molecule has 7 nitrogen and oxygen atoms in total. The van der Waals surface area contributed by atoms with Crippen molar-refractivity contribution in [2.24, 2.45) is 5.92 Å². The third-order valence-electron chi connectivity index (χ3n) is 6.62. The largest absolute Gasteiger partial charge is 0.391 e.